The molecule has 0 aliphatic heterocycles. The monoisotopic (exact) mass is 262 g/mol. The molecule has 9 nitrogen and oxygen atoms in total. The van der Waals surface area contributed by atoms with Crippen molar-refractivity contribution in [1.82, 2.24) is 30.0 Å². The van der Waals surface area contributed by atoms with Crippen molar-refractivity contribution in [2.75, 3.05) is 12.0 Å². The van der Waals surface area contributed by atoms with Gasteiger partial charge >= 0.3 is 0 Å². The smallest absolute Gasteiger partial charge is 0.271 e. The fraction of sp³-hybridized carbons (Fsp3) is 0.300. The topological polar surface area (TPSA) is 124 Å². The minimum Gasteiger partial charge on any atom is -0.350 e. The summed E-state index contributed by atoms with van der Waals surface area (Å²) in [5.41, 5.74) is 2.57. The van der Waals surface area contributed by atoms with E-state index in [4.69, 9.17) is 5.84 Å². The van der Waals surface area contributed by atoms with Crippen LogP contribution in [0.4, 0.5) is 5.82 Å². The summed E-state index contributed by atoms with van der Waals surface area (Å²) in [4.78, 5) is 19.6. The van der Waals surface area contributed by atoms with E-state index in [9.17, 15) is 4.79 Å². The number of nitrogen functional groups attached to an aromatic ring is 1. The van der Waals surface area contributed by atoms with Crippen molar-refractivity contribution in [2.24, 2.45) is 12.9 Å². The molecule has 0 aliphatic rings. The van der Waals surface area contributed by atoms with E-state index in [0.717, 1.165) is 5.82 Å². The second kappa shape index (κ2) is 5.87. The van der Waals surface area contributed by atoms with Gasteiger partial charge in [0.2, 0.25) is 0 Å². The highest BCUT2D eigenvalue weighted by molar-refractivity contribution is 5.91. The Morgan fingerprint density at radius 3 is 2.84 bits per heavy atom. The second-order valence-corrected chi connectivity index (χ2v) is 3.80. The predicted molar refractivity (Wildman–Crippen MR) is 66.9 cm³/mol. The zero-order chi connectivity index (χ0) is 13.7. The zero-order valence-corrected chi connectivity index (χ0v) is 10.4. The van der Waals surface area contributed by atoms with Gasteiger partial charge in [-0.25, -0.2) is 15.8 Å². The third kappa shape index (κ3) is 3.22. The van der Waals surface area contributed by atoms with Gasteiger partial charge in [0.15, 0.2) is 5.82 Å². The van der Waals surface area contributed by atoms with Gasteiger partial charge in [-0.1, -0.05) is 0 Å². The van der Waals surface area contributed by atoms with Gasteiger partial charge in [0.25, 0.3) is 5.91 Å². The first-order valence-corrected chi connectivity index (χ1v) is 5.60. The molecule has 4 N–H and O–H groups in total. The first kappa shape index (κ1) is 12.9. The summed E-state index contributed by atoms with van der Waals surface area (Å²) in [6.07, 6.45) is 4.95. The first-order valence-electron chi connectivity index (χ1n) is 5.60. The van der Waals surface area contributed by atoms with Crippen molar-refractivity contribution in [2.45, 2.75) is 6.42 Å². The number of aromatic nitrogens is 5. The Morgan fingerprint density at radius 2 is 2.26 bits per heavy atom. The zero-order valence-electron chi connectivity index (χ0n) is 10.4. The van der Waals surface area contributed by atoms with Crippen LogP contribution in [0, 0.1) is 0 Å². The normalized spacial score (nSPS) is 10.2. The Kier molecular flexibility index (Phi) is 3.98. The van der Waals surface area contributed by atoms with Crippen molar-refractivity contribution < 1.29 is 4.79 Å². The van der Waals surface area contributed by atoms with E-state index in [-0.39, 0.29) is 11.6 Å². The SMILES string of the molecule is Cn1cnnc1CCNC(=O)c1cnc(NN)cn1. The van der Waals surface area contributed by atoms with Crippen LogP contribution in [0.2, 0.25) is 0 Å². The molecule has 0 atom stereocenters. The van der Waals surface area contributed by atoms with Gasteiger partial charge in [0.1, 0.15) is 17.8 Å². The van der Waals surface area contributed by atoms with E-state index in [1.165, 1.54) is 12.4 Å². The average molecular weight is 262 g/mol. The number of rotatable bonds is 5. The Labute approximate surface area is 109 Å². The van der Waals surface area contributed by atoms with E-state index < -0.39 is 0 Å². The number of carbonyl (C=O) groups excluding carboxylic acids is 1. The number of hydrazine groups is 1. The van der Waals surface area contributed by atoms with E-state index in [1.54, 1.807) is 10.9 Å². The van der Waals surface area contributed by atoms with Crippen molar-refractivity contribution in [1.29, 1.82) is 0 Å². The largest absolute Gasteiger partial charge is 0.350 e. The molecule has 2 aromatic heterocycles. The molecule has 0 unspecified atom stereocenters. The van der Waals surface area contributed by atoms with Crippen molar-refractivity contribution >= 4 is 11.7 Å². The van der Waals surface area contributed by atoms with E-state index in [0.29, 0.717) is 18.8 Å². The summed E-state index contributed by atoms with van der Waals surface area (Å²) in [5, 5.41) is 10.4. The number of nitrogens with two attached hydrogens (primary N) is 1. The van der Waals surface area contributed by atoms with Gasteiger partial charge in [-0.15, -0.1) is 10.2 Å². The van der Waals surface area contributed by atoms with E-state index in [2.05, 4.69) is 30.9 Å². The van der Waals surface area contributed by atoms with Gasteiger partial charge in [0, 0.05) is 20.0 Å². The van der Waals surface area contributed by atoms with Gasteiger partial charge in [0.05, 0.1) is 12.4 Å². The summed E-state index contributed by atoms with van der Waals surface area (Å²) in [6.45, 7) is 0.448. The summed E-state index contributed by atoms with van der Waals surface area (Å²) >= 11 is 0. The van der Waals surface area contributed by atoms with E-state index >= 15 is 0 Å². The van der Waals surface area contributed by atoms with Crippen molar-refractivity contribution in [3.05, 3.63) is 30.2 Å². The lowest BCUT2D eigenvalue weighted by atomic mass is 10.3. The summed E-state index contributed by atoms with van der Waals surface area (Å²) < 4.78 is 1.80. The lowest BCUT2D eigenvalue weighted by Crippen LogP contribution is -2.27. The molecule has 0 bridgehead atoms. The van der Waals surface area contributed by atoms with Crippen LogP contribution in [0.1, 0.15) is 16.3 Å². The van der Waals surface area contributed by atoms with Crippen LogP contribution in [0.25, 0.3) is 0 Å². The third-order valence-corrected chi connectivity index (χ3v) is 2.47. The maximum absolute atomic E-state index is 11.7. The number of hydrogen-bond donors (Lipinski definition) is 3. The number of carbonyl (C=O) groups is 1. The Balaban J connectivity index is 1.85. The van der Waals surface area contributed by atoms with Crippen LogP contribution in [0.5, 0.6) is 0 Å². The molecule has 0 saturated carbocycles. The molecule has 2 rings (SSSR count). The maximum atomic E-state index is 11.7. The summed E-state index contributed by atoms with van der Waals surface area (Å²) in [6, 6.07) is 0. The minimum atomic E-state index is -0.293. The van der Waals surface area contributed by atoms with Gasteiger partial charge < -0.3 is 15.3 Å². The quantitative estimate of drug-likeness (QED) is 0.459. The van der Waals surface area contributed by atoms with Crippen molar-refractivity contribution in [3.8, 4) is 0 Å². The van der Waals surface area contributed by atoms with Crippen LogP contribution in [-0.2, 0) is 13.5 Å². The standard InChI is InChI=1S/C10H14N8O/c1-18-6-15-17-9(18)2-3-12-10(19)7-4-14-8(16-11)5-13-7/h4-6H,2-3,11H2,1H3,(H,12,19)(H,14,16). The highest BCUT2D eigenvalue weighted by atomic mass is 16.1. The van der Waals surface area contributed by atoms with Crippen LogP contribution < -0.4 is 16.6 Å². The number of amides is 1. The van der Waals surface area contributed by atoms with Gasteiger partial charge in [-0.3, -0.25) is 4.79 Å². The molecule has 0 aliphatic carbocycles. The molecule has 0 saturated heterocycles. The van der Waals surface area contributed by atoms with Crippen LogP contribution in [0.3, 0.4) is 0 Å². The molecule has 1 amide bonds. The molecule has 100 valence electrons. The van der Waals surface area contributed by atoms with Crippen LogP contribution in [-0.4, -0.2) is 37.2 Å². The summed E-state index contributed by atoms with van der Waals surface area (Å²) in [5.74, 6) is 6.06. The Bertz CT molecular complexity index is 549. The highest BCUT2D eigenvalue weighted by Crippen LogP contribution is 1.99. The third-order valence-electron chi connectivity index (χ3n) is 2.47. The molecular weight excluding hydrogens is 248 g/mol. The molecule has 0 spiro atoms. The second-order valence-electron chi connectivity index (χ2n) is 3.80. The molecule has 2 aromatic rings. The van der Waals surface area contributed by atoms with E-state index in [1.807, 2.05) is 7.05 Å². The Hall–Kier alpha value is -2.55. The number of nitrogens with one attached hydrogen (secondary N) is 2. The molecule has 19 heavy (non-hydrogen) atoms. The molecule has 0 aromatic carbocycles. The fourth-order valence-corrected chi connectivity index (χ4v) is 1.43. The van der Waals surface area contributed by atoms with Gasteiger partial charge in [-0.2, -0.15) is 0 Å². The highest BCUT2D eigenvalue weighted by Gasteiger charge is 2.08. The molecule has 0 fully saturated rings. The number of aryl methyl sites for hydroxylation is 1. The number of nitrogens with zero attached hydrogens (tertiary/aromatic N) is 5. The fourth-order valence-electron chi connectivity index (χ4n) is 1.43. The lowest BCUT2D eigenvalue weighted by Gasteiger charge is -2.04. The van der Waals surface area contributed by atoms with Crippen LogP contribution in [0.15, 0.2) is 18.7 Å². The molecule has 2 heterocycles. The lowest BCUT2D eigenvalue weighted by molar-refractivity contribution is 0.0948. The first-order chi connectivity index (χ1) is 9.20. The van der Waals surface area contributed by atoms with Gasteiger partial charge in [-0.05, 0) is 0 Å². The number of hydrogen-bond acceptors (Lipinski definition) is 7. The Morgan fingerprint density at radius 1 is 1.42 bits per heavy atom. The summed E-state index contributed by atoms with van der Waals surface area (Å²) in [7, 11) is 1.85. The average Bonchev–Trinajstić information content (AvgIpc) is 2.84. The van der Waals surface area contributed by atoms with Crippen LogP contribution >= 0.6 is 0 Å². The predicted octanol–water partition coefficient (Wildman–Crippen LogP) is -1.14. The molecule has 9 heteroatoms. The minimum absolute atomic E-state index is 0.233. The van der Waals surface area contributed by atoms with Crippen molar-refractivity contribution in [3.63, 3.8) is 0 Å². The molecular formula is C10H14N8O. The maximum Gasteiger partial charge on any atom is 0.271 e. The number of anilines is 1. The molecule has 0 radical (unpaired) electrons.